The molecule has 2 atom stereocenters. The molecule has 1 N–H and O–H groups in total. The second-order valence-electron chi connectivity index (χ2n) is 4.05. The highest BCUT2D eigenvalue weighted by molar-refractivity contribution is 5.17. The van der Waals surface area contributed by atoms with E-state index < -0.39 is 6.17 Å². The van der Waals surface area contributed by atoms with E-state index in [0.29, 0.717) is 6.42 Å². The molecule has 1 heterocycles. The third-order valence-electron chi connectivity index (χ3n) is 2.88. The smallest absolute Gasteiger partial charge is 0.123 e. The lowest BCUT2D eigenvalue weighted by atomic mass is 10.0. The van der Waals surface area contributed by atoms with E-state index in [-0.39, 0.29) is 11.9 Å². The van der Waals surface area contributed by atoms with Crippen molar-refractivity contribution in [1.82, 2.24) is 5.32 Å². The first kappa shape index (κ1) is 10.6. The minimum absolute atomic E-state index is 0.0185. The predicted molar refractivity (Wildman–Crippen MR) is 56.0 cm³/mol. The van der Waals surface area contributed by atoms with Crippen molar-refractivity contribution in [3.05, 3.63) is 35.6 Å². The minimum atomic E-state index is -0.863. The molecule has 1 fully saturated rings. The fourth-order valence-electron chi connectivity index (χ4n) is 2.01. The van der Waals surface area contributed by atoms with Crippen molar-refractivity contribution in [2.75, 3.05) is 6.54 Å². The molecule has 0 aromatic heterocycles. The van der Waals surface area contributed by atoms with Crippen LogP contribution in [0.25, 0.3) is 0 Å². The van der Waals surface area contributed by atoms with Gasteiger partial charge in [0.1, 0.15) is 12.0 Å². The summed E-state index contributed by atoms with van der Waals surface area (Å²) in [4.78, 5) is 0. The summed E-state index contributed by atoms with van der Waals surface area (Å²) in [5, 5.41) is 3.14. The lowest BCUT2D eigenvalue weighted by Gasteiger charge is -2.15. The van der Waals surface area contributed by atoms with Crippen LogP contribution in [0, 0.1) is 5.82 Å². The van der Waals surface area contributed by atoms with Gasteiger partial charge in [0.15, 0.2) is 0 Å². The van der Waals surface area contributed by atoms with E-state index >= 15 is 0 Å². The highest BCUT2D eigenvalue weighted by Gasteiger charge is 2.24. The molecule has 0 aliphatic carbocycles. The molecule has 0 spiro atoms. The monoisotopic (exact) mass is 211 g/mol. The number of alkyl halides is 1. The molecule has 1 saturated heterocycles. The molecule has 2 rings (SSSR count). The Morgan fingerprint density at radius 2 is 2.07 bits per heavy atom. The Kier molecular flexibility index (Phi) is 3.31. The van der Waals surface area contributed by atoms with Crippen LogP contribution < -0.4 is 5.32 Å². The van der Waals surface area contributed by atoms with Gasteiger partial charge in [0.2, 0.25) is 0 Å². The second kappa shape index (κ2) is 4.71. The van der Waals surface area contributed by atoms with Crippen molar-refractivity contribution in [3.8, 4) is 0 Å². The van der Waals surface area contributed by atoms with E-state index in [4.69, 9.17) is 0 Å². The molecule has 1 aromatic rings. The van der Waals surface area contributed by atoms with Crippen LogP contribution in [0.1, 0.15) is 18.4 Å². The van der Waals surface area contributed by atoms with E-state index in [1.165, 1.54) is 12.1 Å². The number of rotatable bonds is 3. The van der Waals surface area contributed by atoms with Gasteiger partial charge in [-0.1, -0.05) is 12.1 Å². The normalized spacial score (nSPS) is 22.9. The summed E-state index contributed by atoms with van der Waals surface area (Å²) in [6.07, 6.45) is 1.47. The summed E-state index contributed by atoms with van der Waals surface area (Å²) >= 11 is 0. The Labute approximate surface area is 88.5 Å². The third kappa shape index (κ3) is 2.75. The van der Waals surface area contributed by atoms with Crippen LogP contribution in [0.3, 0.4) is 0 Å². The summed E-state index contributed by atoms with van der Waals surface area (Å²) in [5.41, 5.74) is 0.859. The van der Waals surface area contributed by atoms with Crippen LogP contribution in [-0.2, 0) is 6.42 Å². The van der Waals surface area contributed by atoms with Gasteiger partial charge in [-0.2, -0.15) is 0 Å². The first-order valence-electron chi connectivity index (χ1n) is 5.37. The maximum absolute atomic E-state index is 13.7. The number of hydrogen-bond acceptors (Lipinski definition) is 1. The molecule has 0 amide bonds. The van der Waals surface area contributed by atoms with Gasteiger partial charge in [-0.05, 0) is 37.1 Å². The van der Waals surface area contributed by atoms with E-state index in [0.717, 1.165) is 24.9 Å². The molecule has 15 heavy (non-hydrogen) atoms. The van der Waals surface area contributed by atoms with Crippen LogP contribution >= 0.6 is 0 Å². The lowest BCUT2D eigenvalue weighted by Crippen LogP contribution is -2.33. The van der Waals surface area contributed by atoms with Crippen LogP contribution in [0.5, 0.6) is 0 Å². The van der Waals surface area contributed by atoms with Gasteiger partial charge in [-0.15, -0.1) is 0 Å². The van der Waals surface area contributed by atoms with Gasteiger partial charge in [-0.25, -0.2) is 8.78 Å². The Morgan fingerprint density at radius 3 is 2.67 bits per heavy atom. The highest BCUT2D eigenvalue weighted by Crippen LogP contribution is 2.16. The average Bonchev–Trinajstić information content (AvgIpc) is 2.74. The fraction of sp³-hybridized carbons (Fsp3) is 0.500. The van der Waals surface area contributed by atoms with Gasteiger partial charge in [0.25, 0.3) is 0 Å². The van der Waals surface area contributed by atoms with Gasteiger partial charge < -0.3 is 5.32 Å². The lowest BCUT2D eigenvalue weighted by molar-refractivity contribution is 0.263. The Bertz CT molecular complexity index is 304. The predicted octanol–water partition coefficient (Wildman–Crippen LogP) is 2.46. The molecule has 3 heteroatoms. The van der Waals surface area contributed by atoms with Crippen molar-refractivity contribution in [2.24, 2.45) is 0 Å². The Balaban J connectivity index is 1.92. The average molecular weight is 211 g/mol. The third-order valence-corrected chi connectivity index (χ3v) is 2.88. The van der Waals surface area contributed by atoms with E-state index in [2.05, 4.69) is 5.32 Å². The zero-order chi connectivity index (χ0) is 10.7. The van der Waals surface area contributed by atoms with Crippen molar-refractivity contribution in [2.45, 2.75) is 31.5 Å². The zero-order valence-electron chi connectivity index (χ0n) is 8.55. The Morgan fingerprint density at radius 1 is 1.33 bits per heavy atom. The molecule has 1 aliphatic rings. The first-order chi connectivity index (χ1) is 7.25. The van der Waals surface area contributed by atoms with E-state index in [1.807, 2.05) is 0 Å². The minimum Gasteiger partial charge on any atom is -0.311 e. The number of benzene rings is 1. The number of nitrogens with one attached hydrogen (secondary N) is 1. The van der Waals surface area contributed by atoms with Crippen molar-refractivity contribution < 1.29 is 8.78 Å². The van der Waals surface area contributed by atoms with Crippen LogP contribution in [0.4, 0.5) is 8.78 Å². The molecular weight excluding hydrogens is 196 g/mol. The molecule has 82 valence electrons. The summed E-state index contributed by atoms with van der Waals surface area (Å²) in [5.74, 6) is -0.270. The van der Waals surface area contributed by atoms with Gasteiger partial charge >= 0.3 is 0 Å². The van der Waals surface area contributed by atoms with Crippen LogP contribution in [0.15, 0.2) is 24.3 Å². The highest BCUT2D eigenvalue weighted by atomic mass is 19.1. The Hall–Kier alpha value is -0.960. The summed E-state index contributed by atoms with van der Waals surface area (Å²) < 4.78 is 26.4. The quantitative estimate of drug-likeness (QED) is 0.809. The van der Waals surface area contributed by atoms with Crippen LogP contribution in [0.2, 0.25) is 0 Å². The van der Waals surface area contributed by atoms with Gasteiger partial charge in [0.05, 0.1) is 0 Å². The molecule has 1 aromatic carbocycles. The van der Waals surface area contributed by atoms with Gasteiger partial charge in [-0.3, -0.25) is 0 Å². The maximum atomic E-state index is 13.7. The number of halogens is 2. The summed E-state index contributed by atoms with van der Waals surface area (Å²) in [6.45, 7) is 0.911. The molecular formula is C12H15F2N. The van der Waals surface area contributed by atoms with Crippen LogP contribution in [-0.4, -0.2) is 18.8 Å². The molecule has 0 bridgehead atoms. The fourth-order valence-corrected chi connectivity index (χ4v) is 2.01. The van der Waals surface area contributed by atoms with Crippen molar-refractivity contribution >= 4 is 0 Å². The van der Waals surface area contributed by atoms with E-state index in [1.54, 1.807) is 12.1 Å². The molecule has 1 nitrogen and oxygen atoms in total. The SMILES string of the molecule is Fc1ccc(CC(F)C2CCCN2)cc1. The standard InChI is InChI=1S/C12H15F2N/c13-10-5-3-9(4-6-10)8-11(14)12-2-1-7-15-12/h3-6,11-12,15H,1-2,7-8H2. The first-order valence-corrected chi connectivity index (χ1v) is 5.37. The summed E-state index contributed by atoms with van der Waals surface area (Å²) in [7, 11) is 0. The molecule has 2 unspecified atom stereocenters. The topological polar surface area (TPSA) is 12.0 Å². The maximum Gasteiger partial charge on any atom is 0.123 e. The summed E-state index contributed by atoms with van der Waals surface area (Å²) in [6, 6.07) is 6.04. The second-order valence-corrected chi connectivity index (χ2v) is 4.05. The van der Waals surface area contributed by atoms with Crippen molar-refractivity contribution in [3.63, 3.8) is 0 Å². The molecule has 0 radical (unpaired) electrons. The zero-order valence-corrected chi connectivity index (χ0v) is 8.55. The largest absolute Gasteiger partial charge is 0.311 e. The molecule has 0 saturated carbocycles. The van der Waals surface area contributed by atoms with Crippen molar-refractivity contribution in [1.29, 1.82) is 0 Å². The van der Waals surface area contributed by atoms with E-state index in [9.17, 15) is 8.78 Å². The number of hydrogen-bond donors (Lipinski definition) is 1. The molecule has 1 aliphatic heterocycles. The van der Waals surface area contributed by atoms with Gasteiger partial charge in [0, 0.05) is 12.5 Å².